The number of rotatable bonds is 2. The fourth-order valence-corrected chi connectivity index (χ4v) is 1.33. The van der Waals surface area contributed by atoms with Gasteiger partial charge in [0, 0.05) is 12.4 Å². The number of halogens is 1. The van der Waals surface area contributed by atoms with Crippen LogP contribution in [0.1, 0.15) is 10.5 Å². The summed E-state index contributed by atoms with van der Waals surface area (Å²) in [6, 6.07) is 4.79. The normalized spacial score (nSPS) is 10.2. The molecular weight excluding hydrogens is 218 g/mol. The molecule has 2 aromatic heterocycles. The molecule has 15 heavy (non-hydrogen) atoms. The lowest BCUT2D eigenvalue weighted by Crippen LogP contribution is -2.01. The maximum atomic E-state index is 10.6. The van der Waals surface area contributed by atoms with E-state index in [1.807, 2.05) is 0 Å². The van der Waals surface area contributed by atoms with Gasteiger partial charge in [-0.15, -0.1) is 0 Å². The van der Waals surface area contributed by atoms with Crippen LogP contribution in [0.5, 0.6) is 0 Å². The molecule has 0 fully saturated rings. The molecule has 76 valence electrons. The number of carboxylic acid groups (broad SMARTS) is 1. The number of aromatic nitrogens is 3. The molecule has 0 radical (unpaired) electrons. The average Bonchev–Trinajstić information content (AvgIpc) is 2.67. The van der Waals surface area contributed by atoms with Crippen LogP contribution >= 0.6 is 11.6 Å². The Morgan fingerprint density at radius 3 is 2.87 bits per heavy atom. The van der Waals surface area contributed by atoms with Crippen molar-refractivity contribution in [2.45, 2.75) is 0 Å². The lowest BCUT2D eigenvalue weighted by molar-refractivity contribution is 0.0690. The number of carboxylic acids is 1. The van der Waals surface area contributed by atoms with Crippen molar-refractivity contribution in [1.29, 1.82) is 0 Å². The zero-order valence-corrected chi connectivity index (χ0v) is 8.22. The second-order valence-corrected chi connectivity index (χ2v) is 3.12. The van der Waals surface area contributed by atoms with Gasteiger partial charge in [0.15, 0.2) is 10.8 Å². The van der Waals surface area contributed by atoms with Gasteiger partial charge in [-0.3, -0.25) is 0 Å². The highest BCUT2D eigenvalue weighted by Gasteiger charge is 2.09. The summed E-state index contributed by atoms with van der Waals surface area (Å²) >= 11 is 5.83. The van der Waals surface area contributed by atoms with Crippen molar-refractivity contribution in [3.8, 4) is 5.69 Å². The second kappa shape index (κ2) is 3.70. The zero-order valence-electron chi connectivity index (χ0n) is 7.46. The monoisotopic (exact) mass is 223 g/mol. The minimum atomic E-state index is -1.08. The minimum Gasteiger partial charge on any atom is -0.476 e. The summed E-state index contributed by atoms with van der Waals surface area (Å²) in [4.78, 5) is 14.5. The zero-order chi connectivity index (χ0) is 10.8. The van der Waals surface area contributed by atoms with Crippen molar-refractivity contribution in [2.24, 2.45) is 0 Å². The van der Waals surface area contributed by atoms with Crippen LogP contribution in [0.2, 0.25) is 5.15 Å². The van der Waals surface area contributed by atoms with Gasteiger partial charge < -0.3 is 5.11 Å². The molecule has 5 nitrogen and oxygen atoms in total. The van der Waals surface area contributed by atoms with Crippen LogP contribution in [0, 0.1) is 0 Å². The van der Waals surface area contributed by atoms with Crippen molar-refractivity contribution in [1.82, 2.24) is 14.8 Å². The first kappa shape index (κ1) is 9.67. The van der Waals surface area contributed by atoms with Crippen LogP contribution in [0.25, 0.3) is 5.69 Å². The van der Waals surface area contributed by atoms with Gasteiger partial charge >= 0.3 is 5.97 Å². The molecule has 1 N–H and O–H groups in total. The maximum Gasteiger partial charge on any atom is 0.356 e. The molecular formula is C9H6ClN3O2. The molecule has 0 saturated heterocycles. The Morgan fingerprint density at radius 2 is 2.27 bits per heavy atom. The Bertz CT molecular complexity index is 510. The Hall–Kier alpha value is -1.88. The van der Waals surface area contributed by atoms with E-state index in [4.69, 9.17) is 16.7 Å². The first-order valence-electron chi connectivity index (χ1n) is 4.08. The fourth-order valence-electron chi connectivity index (χ4n) is 1.12. The lowest BCUT2D eigenvalue weighted by atomic mass is 10.4. The first-order valence-corrected chi connectivity index (χ1v) is 4.46. The predicted molar refractivity (Wildman–Crippen MR) is 53.3 cm³/mol. The van der Waals surface area contributed by atoms with Crippen molar-refractivity contribution in [3.05, 3.63) is 41.4 Å². The summed E-state index contributed by atoms with van der Waals surface area (Å²) in [6.07, 6.45) is 3.07. The highest BCUT2D eigenvalue weighted by molar-refractivity contribution is 6.31. The van der Waals surface area contributed by atoms with Crippen molar-refractivity contribution in [3.63, 3.8) is 0 Å². The summed E-state index contributed by atoms with van der Waals surface area (Å²) < 4.78 is 1.37. The van der Waals surface area contributed by atoms with Gasteiger partial charge in [0.2, 0.25) is 0 Å². The van der Waals surface area contributed by atoms with Crippen molar-refractivity contribution < 1.29 is 9.90 Å². The van der Waals surface area contributed by atoms with Crippen LogP contribution in [0.15, 0.2) is 30.6 Å². The number of aromatic carboxylic acids is 1. The molecule has 0 saturated carbocycles. The van der Waals surface area contributed by atoms with Gasteiger partial charge in [-0.2, -0.15) is 5.10 Å². The van der Waals surface area contributed by atoms with E-state index < -0.39 is 5.97 Å². The van der Waals surface area contributed by atoms with Gasteiger partial charge in [0.05, 0.1) is 0 Å². The predicted octanol–water partition coefficient (Wildman–Crippen LogP) is 1.62. The molecule has 0 atom stereocenters. The molecule has 6 heteroatoms. The summed E-state index contributed by atoms with van der Waals surface area (Å²) in [7, 11) is 0. The maximum absolute atomic E-state index is 10.6. The molecule has 0 aliphatic heterocycles. The SMILES string of the molecule is O=C(O)c1ccn(-c2cccnc2Cl)n1. The topological polar surface area (TPSA) is 68.0 Å². The average molecular weight is 224 g/mol. The van der Waals surface area contributed by atoms with Crippen LogP contribution in [0.4, 0.5) is 0 Å². The summed E-state index contributed by atoms with van der Waals surface area (Å²) in [5.41, 5.74) is 0.515. The van der Waals surface area contributed by atoms with Crippen molar-refractivity contribution in [2.75, 3.05) is 0 Å². The third-order valence-corrected chi connectivity index (χ3v) is 2.09. The van der Waals surface area contributed by atoms with E-state index in [-0.39, 0.29) is 10.8 Å². The number of hydrogen-bond acceptors (Lipinski definition) is 3. The van der Waals surface area contributed by atoms with E-state index in [0.717, 1.165) is 0 Å². The van der Waals surface area contributed by atoms with Gasteiger partial charge in [-0.1, -0.05) is 11.6 Å². The summed E-state index contributed by atoms with van der Waals surface area (Å²) in [6.45, 7) is 0. The van der Waals surface area contributed by atoms with Crippen LogP contribution in [0.3, 0.4) is 0 Å². The minimum absolute atomic E-state index is 0.0325. The number of nitrogens with zero attached hydrogens (tertiary/aromatic N) is 3. The lowest BCUT2D eigenvalue weighted by Gasteiger charge is -2.01. The third kappa shape index (κ3) is 1.82. The highest BCUT2D eigenvalue weighted by atomic mass is 35.5. The van der Waals surface area contributed by atoms with Crippen molar-refractivity contribution >= 4 is 17.6 Å². The van der Waals surface area contributed by atoms with Crippen LogP contribution in [-0.4, -0.2) is 25.8 Å². The van der Waals surface area contributed by atoms with Crippen LogP contribution < -0.4 is 0 Å². The molecule has 0 aliphatic carbocycles. The number of pyridine rings is 1. The Balaban J connectivity index is 2.46. The van der Waals surface area contributed by atoms with Gasteiger partial charge in [-0.05, 0) is 18.2 Å². The van der Waals surface area contributed by atoms with E-state index in [0.29, 0.717) is 5.69 Å². The molecule has 0 bridgehead atoms. The van der Waals surface area contributed by atoms with E-state index >= 15 is 0 Å². The standard InChI is InChI=1S/C9H6ClN3O2/c10-8-7(2-1-4-11-8)13-5-3-6(12-13)9(14)15/h1-5H,(H,14,15). The first-order chi connectivity index (χ1) is 7.18. The molecule has 0 amide bonds. The van der Waals surface area contributed by atoms with Gasteiger partial charge in [-0.25, -0.2) is 14.5 Å². The smallest absolute Gasteiger partial charge is 0.356 e. The largest absolute Gasteiger partial charge is 0.476 e. The number of hydrogen-bond donors (Lipinski definition) is 1. The molecule has 2 aromatic rings. The Morgan fingerprint density at radius 1 is 1.47 bits per heavy atom. The summed E-state index contributed by atoms with van der Waals surface area (Å²) in [5.74, 6) is -1.08. The second-order valence-electron chi connectivity index (χ2n) is 2.76. The van der Waals surface area contributed by atoms with Crippen LogP contribution in [-0.2, 0) is 0 Å². The van der Waals surface area contributed by atoms with E-state index in [2.05, 4.69) is 10.1 Å². The molecule has 0 aromatic carbocycles. The third-order valence-electron chi connectivity index (χ3n) is 1.79. The Kier molecular flexibility index (Phi) is 2.39. The quantitative estimate of drug-likeness (QED) is 0.786. The van der Waals surface area contributed by atoms with Gasteiger partial charge in [0.1, 0.15) is 5.69 Å². The highest BCUT2D eigenvalue weighted by Crippen LogP contribution is 2.16. The molecule has 2 rings (SSSR count). The molecule has 2 heterocycles. The van der Waals surface area contributed by atoms with Gasteiger partial charge in [0.25, 0.3) is 0 Å². The number of carbonyl (C=O) groups is 1. The molecule has 0 spiro atoms. The molecule has 0 unspecified atom stereocenters. The summed E-state index contributed by atoms with van der Waals surface area (Å²) in [5, 5.41) is 12.8. The van der Waals surface area contributed by atoms with E-state index in [1.165, 1.54) is 16.9 Å². The van der Waals surface area contributed by atoms with E-state index in [1.54, 1.807) is 18.3 Å². The van der Waals surface area contributed by atoms with E-state index in [9.17, 15) is 4.79 Å². The molecule has 0 aliphatic rings. The Labute approximate surface area is 89.9 Å². The fraction of sp³-hybridized carbons (Fsp3) is 0.